The lowest BCUT2D eigenvalue weighted by atomic mass is 10.5. The third-order valence-electron chi connectivity index (χ3n) is 1.06. The Labute approximate surface area is 80.1 Å². The maximum absolute atomic E-state index is 10.8. The van der Waals surface area contributed by atoms with Gasteiger partial charge in [-0.2, -0.15) is 17.0 Å². The molecule has 0 rings (SSSR count). The summed E-state index contributed by atoms with van der Waals surface area (Å²) in [6.07, 6.45) is 0.0518. The van der Waals surface area contributed by atoms with Gasteiger partial charge in [-0.3, -0.25) is 9.59 Å². The van der Waals surface area contributed by atoms with E-state index < -0.39 is 5.97 Å². The van der Waals surface area contributed by atoms with E-state index >= 15 is 0 Å². The van der Waals surface area contributed by atoms with E-state index in [4.69, 9.17) is 10.4 Å². The lowest BCUT2D eigenvalue weighted by molar-refractivity contribution is -0.136. The van der Waals surface area contributed by atoms with Gasteiger partial charge in [-0.15, -0.1) is 0 Å². The molecule has 5 nitrogen and oxygen atoms in total. The Morgan fingerprint density at radius 3 is 2.77 bits per heavy atom. The highest BCUT2D eigenvalue weighted by Crippen LogP contribution is 2.01. The molecule has 6 heteroatoms. The van der Waals surface area contributed by atoms with Gasteiger partial charge in [0, 0.05) is 5.75 Å². The van der Waals surface area contributed by atoms with Crippen molar-refractivity contribution in [3.63, 3.8) is 0 Å². The summed E-state index contributed by atoms with van der Waals surface area (Å²) in [4.78, 5) is 20.9. The fourth-order valence-corrected chi connectivity index (χ4v) is 1.26. The summed E-state index contributed by atoms with van der Waals surface area (Å²) in [5.41, 5.74) is 0. The van der Waals surface area contributed by atoms with Gasteiger partial charge in [0.05, 0.1) is 18.2 Å². The molecule has 0 heterocycles. The maximum atomic E-state index is 10.8. The quantitative estimate of drug-likeness (QED) is 0.461. The smallest absolute Gasteiger partial charge is 0.304 e. The number of carboxylic acid groups (broad SMARTS) is 1. The normalized spacial score (nSPS) is 8.85. The number of carbonyl (C=O) groups is 2. The third kappa shape index (κ3) is 8.69. The Hall–Kier alpha value is -1.22. The first kappa shape index (κ1) is 11.8. The summed E-state index contributed by atoms with van der Waals surface area (Å²) < 4.78 is 0. The molecular weight excluding hydrogens is 192 g/mol. The van der Waals surface area contributed by atoms with Crippen LogP contribution in [0.3, 0.4) is 0 Å². The lowest BCUT2D eigenvalue weighted by Gasteiger charge is -1.99. The van der Waals surface area contributed by atoms with Crippen molar-refractivity contribution in [2.75, 3.05) is 18.1 Å². The van der Waals surface area contributed by atoms with Crippen molar-refractivity contribution in [3.05, 3.63) is 0 Å². The van der Waals surface area contributed by atoms with Crippen molar-refractivity contribution in [1.29, 1.82) is 5.26 Å². The highest BCUT2D eigenvalue weighted by molar-refractivity contribution is 7.99. The van der Waals surface area contributed by atoms with Gasteiger partial charge in [0.2, 0.25) is 5.91 Å². The van der Waals surface area contributed by atoms with E-state index in [0.717, 1.165) is 0 Å². The number of carboxylic acids is 1. The highest BCUT2D eigenvalue weighted by Gasteiger charge is 2.01. The summed E-state index contributed by atoms with van der Waals surface area (Å²) in [6.45, 7) is -0.00166. The zero-order chi connectivity index (χ0) is 10.1. The number of hydrogen-bond donors (Lipinski definition) is 2. The fraction of sp³-hybridized carbons (Fsp3) is 0.571. The van der Waals surface area contributed by atoms with E-state index in [1.54, 1.807) is 6.07 Å². The molecule has 0 aromatic rings. The molecule has 0 bridgehead atoms. The molecule has 0 aromatic carbocycles. The standard InChI is InChI=1S/C7H10N2O3S/c8-2-3-9-6(10)5-13-4-1-7(11)12/h1,3-5H2,(H,9,10)(H,11,12). The summed E-state index contributed by atoms with van der Waals surface area (Å²) in [5, 5.41) is 18.7. The van der Waals surface area contributed by atoms with E-state index in [9.17, 15) is 9.59 Å². The Kier molecular flexibility index (Phi) is 6.73. The zero-order valence-electron chi connectivity index (χ0n) is 6.95. The van der Waals surface area contributed by atoms with Crippen molar-refractivity contribution >= 4 is 23.6 Å². The number of carbonyl (C=O) groups excluding carboxylic acids is 1. The van der Waals surface area contributed by atoms with Crippen LogP contribution in [0.1, 0.15) is 6.42 Å². The number of nitriles is 1. The molecule has 0 aliphatic rings. The van der Waals surface area contributed by atoms with Gasteiger partial charge in [-0.25, -0.2) is 0 Å². The topological polar surface area (TPSA) is 90.2 Å². The van der Waals surface area contributed by atoms with Crippen LogP contribution < -0.4 is 5.32 Å². The van der Waals surface area contributed by atoms with E-state index in [1.807, 2.05) is 0 Å². The van der Waals surface area contributed by atoms with Gasteiger partial charge in [0.25, 0.3) is 0 Å². The Bertz CT molecular complexity index is 224. The van der Waals surface area contributed by atoms with Crippen molar-refractivity contribution in [2.45, 2.75) is 6.42 Å². The third-order valence-corrected chi connectivity index (χ3v) is 2.02. The van der Waals surface area contributed by atoms with Gasteiger partial charge < -0.3 is 10.4 Å². The minimum atomic E-state index is -0.870. The van der Waals surface area contributed by atoms with Crippen molar-refractivity contribution in [3.8, 4) is 6.07 Å². The molecule has 72 valence electrons. The minimum Gasteiger partial charge on any atom is -0.481 e. The number of nitrogens with one attached hydrogen (secondary N) is 1. The summed E-state index contributed by atoms with van der Waals surface area (Å²) in [5.74, 6) is -0.494. The minimum absolute atomic E-state index is 0.00166. The van der Waals surface area contributed by atoms with E-state index in [2.05, 4.69) is 5.32 Å². The summed E-state index contributed by atoms with van der Waals surface area (Å²) in [7, 11) is 0. The van der Waals surface area contributed by atoms with Crippen molar-refractivity contribution in [2.24, 2.45) is 0 Å². The first-order valence-corrected chi connectivity index (χ1v) is 4.75. The predicted octanol–water partition coefficient (Wildman–Crippen LogP) is -0.166. The Morgan fingerprint density at radius 2 is 2.23 bits per heavy atom. The Morgan fingerprint density at radius 1 is 1.54 bits per heavy atom. The van der Waals surface area contributed by atoms with Gasteiger partial charge in [-0.05, 0) is 0 Å². The van der Waals surface area contributed by atoms with Gasteiger partial charge in [0.1, 0.15) is 6.54 Å². The average Bonchev–Trinajstić information content (AvgIpc) is 2.08. The number of amides is 1. The summed E-state index contributed by atoms with van der Waals surface area (Å²) >= 11 is 1.24. The van der Waals surface area contributed by atoms with Gasteiger partial charge in [-0.1, -0.05) is 0 Å². The fourth-order valence-electron chi connectivity index (χ4n) is 0.513. The van der Waals surface area contributed by atoms with E-state index in [1.165, 1.54) is 11.8 Å². The van der Waals surface area contributed by atoms with Crippen LogP contribution in [0.4, 0.5) is 0 Å². The molecule has 0 radical (unpaired) electrons. The average molecular weight is 202 g/mol. The second kappa shape index (κ2) is 7.43. The zero-order valence-corrected chi connectivity index (χ0v) is 7.76. The largest absolute Gasteiger partial charge is 0.481 e. The molecular formula is C7H10N2O3S. The number of thioether (sulfide) groups is 1. The van der Waals surface area contributed by atoms with Crippen LogP contribution in [0.15, 0.2) is 0 Å². The van der Waals surface area contributed by atoms with E-state index in [-0.39, 0.29) is 24.6 Å². The molecule has 1 amide bonds. The van der Waals surface area contributed by atoms with Crippen LogP contribution in [0, 0.1) is 11.3 Å². The molecule has 0 fully saturated rings. The number of aliphatic carboxylic acids is 1. The van der Waals surface area contributed by atoms with Crippen LogP contribution in [0.5, 0.6) is 0 Å². The van der Waals surface area contributed by atoms with Crippen LogP contribution in [-0.2, 0) is 9.59 Å². The second-order valence-electron chi connectivity index (χ2n) is 2.13. The molecule has 0 atom stereocenters. The molecule has 0 saturated carbocycles. The van der Waals surface area contributed by atoms with Crippen molar-refractivity contribution in [1.82, 2.24) is 5.32 Å². The number of rotatable bonds is 6. The molecule has 13 heavy (non-hydrogen) atoms. The molecule has 2 N–H and O–H groups in total. The van der Waals surface area contributed by atoms with Crippen LogP contribution in [-0.4, -0.2) is 35.0 Å². The van der Waals surface area contributed by atoms with Gasteiger partial charge in [0.15, 0.2) is 0 Å². The molecule has 0 unspecified atom stereocenters. The summed E-state index contributed by atoms with van der Waals surface area (Å²) in [6, 6.07) is 1.77. The predicted molar refractivity (Wildman–Crippen MR) is 48.2 cm³/mol. The molecule has 0 spiro atoms. The number of nitrogens with zero attached hydrogens (tertiary/aromatic N) is 1. The first-order chi connectivity index (χ1) is 6.16. The highest BCUT2D eigenvalue weighted by atomic mass is 32.2. The molecule has 0 aromatic heterocycles. The molecule has 0 aliphatic heterocycles. The van der Waals surface area contributed by atoms with Crippen molar-refractivity contribution < 1.29 is 14.7 Å². The molecule has 0 saturated heterocycles. The second-order valence-corrected chi connectivity index (χ2v) is 3.24. The maximum Gasteiger partial charge on any atom is 0.304 e. The van der Waals surface area contributed by atoms with Crippen LogP contribution in [0.2, 0.25) is 0 Å². The lowest BCUT2D eigenvalue weighted by Crippen LogP contribution is -2.25. The SMILES string of the molecule is N#CCNC(=O)CSCCC(=O)O. The van der Waals surface area contributed by atoms with E-state index in [0.29, 0.717) is 5.75 Å². The number of hydrogen-bond acceptors (Lipinski definition) is 4. The van der Waals surface area contributed by atoms with Gasteiger partial charge >= 0.3 is 5.97 Å². The van der Waals surface area contributed by atoms with Crippen LogP contribution in [0.25, 0.3) is 0 Å². The molecule has 0 aliphatic carbocycles. The first-order valence-electron chi connectivity index (χ1n) is 3.60. The Balaban J connectivity index is 3.28. The monoisotopic (exact) mass is 202 g/mol. The van der Waals surface area contributed by atoms with Crippen LogP contribution >= 0.6 is 11.8 Å².